The summed E-state index contributed by atoms with van der Waals surface area (Å²) in [6.07, 6.45) is 5.77. The summed E-state index contributed by atoms with van der Waals surface area (Å²) >= 11 is 0. The van der Waals surface area contributed by atoms with Crippen LogP contribution in [-0.4, -0.2) is 31.4 Å². The van der Waals surface area contributed by atoms with E-state index in [9.17, 15) is 9.59 Å². The van der Waals surface area contributed by atoms with Gasteiger partial charge < -0.3 is 10.3 Å². The molecule has 0 saturated heterocycles. The summed E-state index contributed by atoms with van der Waals surface area (Å²) in [6, 6.07) is 5.53. The minimum absolute atomic E-state index is 0.0390. The van der Waals surface area contributed by atoms with Crippen LogP contribution in [-0.2, 0) is 13.0 Å². The van der Waals surface area contributed by atoms with Crippen molar-refractivity contribution in [1.82, 2.24) is 25.1 Å². The lowest BCUT2D eigenvalue weighted by Gasteiger charge is -2.10. The molecule has 7 heteroatoms. The fourth-order valence-corrected chi connectivity index (χ4v) is 3.13. The quantitative estimate of drug-likeness (QED) is 0.668. The van der Waals surface area contributed by atoms with Crippen LogP contribution in [0, 0.1) is 6.92 Å². The summed E-state index contributed by atoms with van der Waals surface area (Å²) in [4.78, 5) is 32.0. The lowest BCUT2D eigenvalue weighted by Crippen LogP contribution is -2.25. The first-order valence-electron chi connectivity index (χ1n) is 8.47. The highest BCUT2D eigenvalue weighted by Gasteiger charge is 2.21. The SMILES string of the molecule is CCc1c(C(=O)NCc2cccnc2-n2cccn2)[nH]c(C)c1C(C)=O. The van der Waals surface area contributed by atoms with E-state index in [4.69, 9.17) is 0 Å². The molecular weight excluding hydrogens is 330 g/mol. The van der Waals surface area contributed by atoms with Gasteiger partial charge in [-0.3, -0.25) is 9.59 Å². The first kappa shape index (κ1) is 17.6. The zero-order valence-electron chi connectivity index (χ0n) is 15.0. The molecule has 1 amide bonds. The number of Topliss-reactive ketones (excluding diaryl/α,β-unsaturated/α-hetero) is 1. The highest BCUT2D eigenvalue weighted by molar-refractivity contribution is 6.02. The number of H-pyrrole nitrogens is 1. The third kappa shape index (κ3) is 3.28. The number of pyridine rings is 1. The van der Waals surface area contributed by atoms with Crippen LogP contribution in [0.1, 0.15) is 51.5 Å². The number of hydrogen-bond donors (Lipinski definition) is 2. The van der Waals surface area contributed by atoms with Gasteiger partial charge in [-0.05, 0) is 38.0 Å². The molecule has 0 aliphatic rings. The molecule has 26 heavy (non-hydrogen) atoms. The second kappa shape index (κ2) is 7.35. The highest BCUT2D eigenvalue weighted by Crippen LogP contribution is 2.20. The minimum atomic E-state index is -0.243. The number of carbonyl (C=O) groups excluding carboxylic acids is 2. The summed E-state index contributed by atoms with van der Waals surface area (Å²) in [5, 5.41) is 7.10. The van der Waals surface area contributed by atoms with Gasteiger partial charge in [0.2, 0.25) is 0 Å². The Morgan fingerprint density at radius 3 is 2.73 bits per heavy atom. The third-order valence-corrected chi connectivity index (χ3v) is 4.25. The molecule has 0 aliphatic carbocycles. The second-order valence-electron chi connectivity index (χ2n) is 6.01. The van der Waals surface area contributed by atoms with E-state index in [1.807, 2.05) is 32.0 Å². The summed E-state index contributed by atoms with van der Waals surface area (Å²) in [5.74, 6) is 0.385. The van der Waals surface area contributed by atoms with E-state index in [0.717, 1.165) is 16.8 Å². The molecule has 7 nitrogen and oxygen atoms in total. The van der Waals surface area contributed by atoms with Gasteiger partial charge in [0.15, 0.2) is 11.6 Å². The average molecular weight is 351 g/mol. The molecule has 2 N–H and O–H groups in total. The van der Waals surface area contributed by atoms with Crippen molar-refractivity contribution in [3.8, 4) is 5.82 Å². The van der Waals surface area contributed by atoms with Gasteiger partial charge in [-0.1, -0.05) is 13.0 Å². The Morgan fingerprint density at radius 1 is 1.27 bits per heavy atom. The number of aryl methyl sites for hydroxylation is 1. The normalized spacial score (nSPS) is 10.7. The van der Waals surface area contributed by atoms with Crippen LogP contribution in [0.3, 0.4) is 0 Å². The Hall–Kier alpha value is -3.22. The van der Waals surface area contributed by atoms with Gasteiger partial charge in [-0.15, -0.1) is 0 Å². The summed E-state index contributed by atoms with van der Waals surface area (Å²) in [5.41, 5.74) is 3.37. The number of nitrogens with one attached hydrogen (secondary N) is 2. The number of nitrogens with zero attached hydrogens (tertiary/aromatic N) is 3. The van der Waals surface area contributed by atoms with Gasteiger partial charge in [0.05, 0.1) is 0 Å². The van der Waals surface area contributed by atoms with E-state index in [1.165, 1.54) is 6.92 Å². The zero-order chi connectivity index (χ0) is 18.7. The fourth-order valence-electron chi connectivity index (χ4n) is 3.13. The van der Waals surface area contributed by atoms with Gasteiger partial charge in [-0.25, -0.2) is 9.67 Å². The van der Waals surface area contributed by atoms with Crippen LogP contribution < -0.4 is 5.32 Å². The maximum absolute atomic E-state index is 12.7. The van der Waals surface area contributed by atoms with Gasteiger partial charge >= 0.3 is 0 Å². The van der Waals surface area contributed by atoms with E-state index in [2.05, 4.69) is 20.4 Å². The summed E-state index contributed by atoms with van der Waals surface area (Å²) < 4.78 is 1.66. The van der Waals surface area contributed by atoms with E-state index in [-0.39, 0.29) is 11.7 Å². The molecule has 0 fully saturated rings. The molecule has 0 unspecified atom stereocenters. The van der Waals surface area contributed by atoms with Crippen molar-refractivity contribution in [3.63, 3.8) is 0 Å². The number of hydrogen-bond acceptors (Lipinski definition) is 4. The van der Waals surface area contributed by atoms with Gasteiger partial charge in [0.1, 0.15) is 5.69 Å². The Kier molecular flexibility index (Phi) is 4.97. The molecule has 0 aromatic carbocycles. The lowest BCUT2D eigenvalue weighted by atomic mass is 10.0. The maximum atomic E-state index is 12.7. The van der Waals surface area contributed by atoms with Crippen molar-refractivity contribution in [1.29, 1.82) is 0 Å². The Labute approximate surface area is 151 Å². The predicted molar refractivity (Wildman–Crippen MR) is 97.4 cm³/mol. The monoisotopic (exact) mass is 351 g/mol. The molecule has 0 atom stereocenters. The Bertz CT molecular complexity index is 941. The molecule has 3 aromatic rings. The van der Waals surface area contributed by atoms with Crippen LogP contribution in [0.25, 0.3) is 5.82 Å². The second-order valence-corrected chi connectivity index (χ2v) is 6.01. The molecule has 3 rings (SSSR count). The number of ketones is 1. The van der Waals surface area contributed by atoms with E-state index >= 15 is 0 Å². The number of amides is 1. The van der Waals surface area contributed by atoms with Gasteiger partial charge in [0, 0.05) is 42.0 Å². The lowest BCUT2D eigenvalue weighted by molar-refractivity contribution is 0.0945. The number of rotatable bonds is 6. The topological polar surface area (TPSA) is 92.7 Å². The van der Waals surface area contributed by atoms with Crippen molar-refractivity contribution in [3.05, 3.63) is 64.9 Å². The molecule has 0 radical (unpaired) electrons. The Balaban J connectivity index is 1.83. The molecule has 134 valence electrons. The maximum Gasteiger partial charge on any atom is 0.268 e. The van der Waals surface area contributed by atoms with Crippen LogP contribution in [0.5, 0.6) is 0 Å². The summed E-state index contributed by atoms with van der Waals surface area (Å²) in [7, 11) is 0. The van der Waals surface area contributed by atoms with Crippen LogP contribution in [0.15, 0.2) is 36.8 Å². The van der Waals surface area contributed by atoms with E-state index in [1.54, 1.807) is 23.3 Å². The number of carbonyl (C=O) groups is 2. The third-order valence-electron chi connectivity index (χ3n) is 4.25. The van der Waals surface area contributed by atoms with Gasteiger partial charge in [-0.2, -0.15) is 5.10 Å². The molecule has 3 heterocycles. The summed E-state index contributed by atoms with van der Waals surface area (Å²) in [6.45, 7) is 5.56. The van der Waals surface area contributed by atoms with Crippen LogP contribution in [0.4, 0.5) is 0 Å². The van der Waals surface area contributed by atoms with Crippen LogP contribution >= 0.6 is 0 Å². The molecule has 0 aliphatic heterocycles. The van der Waals surface area contributed by atoms with E-state index < -0.39 is 0 Å². The van der Waals surface area contributed by atoms with Crippen molar-refractivity contribution in [2.24, 2.45) is 0 Å². The van der Waals surface area contributed by atoms with Crippen molar-refractivity contribution in [2.75, 3.05) is 0 Å². The molecule has 0 saturated carbocycles. The Morgan fingerprint density at radius 2 is 2.08 bits per heavy atom. The highest BCUT2D eigenvalue weighted by atomic mass is 16.2. The average Bonchev–Trinajstić information content (AvgIpc) is 3.27. The largest absolute Gasteiger partial charge is 0.354 e. The standard InChI is InChI=1S/C19H21N5O2/c1-4-15-16(13(3)25)12(2)23-17(15)19(26)21-11-14-7-5-8-20-18(14)24-10-6-9-22-24/h5-10,23H,4,11H2,1-3H3,(H,21,26). The van der Waals surface area contributed by atoms with Crippen LogP contribution in [0.2, 0.25) is 0 Å². The van der Waals surface area contributed by atoms with Crippen molar-refractivity contribution < 1.29 is 9.59 Å². The predicted octanol–water partition coefficient (Wildman–Crippen LogP) is 2.60. The molecule has 0 spiro atoms. The van der Waals surface area contributed by atoms with Crippen molar-refractivity contribution in [2.45, 2.75) is 33.7 Å². The van der Waals surface area contributed by atoms with Crippen molar-refractivity contribution >= 4 is 11.7 Å². The first-order valence-corrected chi connectivity index (χ1v) is 8.47. The van der Waals surface area contributed by atoms with Gasteiger partial charge in [0.25, 0.3) is 5.91 Å². The smallest absolute Gasteiger partial charge is 0.268 e. The zero-order valence-corrected chi connectivity index (χ0v) is 15.0. The fraction of sp³-hybridized carbons (Fsp3) is 0.263. The number of aromatic nitrogens is 4. The first-order chi connectivity index (χ1) is 12.5. The number of aromatic amines is 1. The molecule has 3 aromatic heterocycles. The van der Waals surface area contributed by atoms with E-state index in [0.29, 0.717) is 30.0 Å². The molecule has 0 bridgehead atoms. The minimum Gasteiger partial charge on any atom is -0.354 e. The molecular formula is C19H21N5O2.